The fraction of sp³-hybridized carbons (Fsp3) is 0. The van der Waals surface area contributed by atoms with E-state index in [0.29, 0.717) is 0 Å². The number of guanidine groups is 1. The summed E-state index contributed by atoms with van der Waals surface area (Å²) in [6.45, 7) is 0. The molecule has 0 aliphatic heterocycles. The number of nitrogens with two attached hydrogens (primary N) is 3. The maximum atomic E-state index is 10.2. The Morgan fingerprint density at radius 2 is 2.12 bits per heavy atom. The Morgan fingerprint density at radius 3 is 2.47 bits per heavy atom. The van der Waals surface area contributed by atoms with Crippen LogP contribution in [0.15, 0.2) is 5.10 Å². The summed E-state index contributed by atoms with van der Waals surface area (Å²) in [5.74, 6) is 3.85. The first-order valence-corrected chi connectivity index (χ1v) is 3.60. The van der Waals surface area contributed by atoms with Crippen molar-refractivity contribution in [2.75, 3.05) is 5.43 Å². The number of nitro groups is 1. The van der Waals surface area contributed by atoms with E-state index in [2.05, 4.69) is 26.5 Å². The van der Waals surface area contributed by atoms with Gasteiger partial charge in [0.15, 0.2) is 5.03 Å². The van der Waals surface area contributed by atoms with E-state index in [1.54, 1.807) is 0 Å². The maximum absolute atomic E-state index is 10.2. The Morgan fingerprint density at radius 1 is 1.59 bits per heavy atom. The minimum atomic E-state index is -1.51. The van der Waals surface area contributed by atoms with Crippen molar-refractivity contribution in [3.63, 3.8) is 0 Å². The number of hydrazine groups is 1. The first kappa shape index (κ1) is 13.8. The number of nitrogens with zero attached hydrogens (tertiary/aromatic N) is 6. The lowest BCUT2D eigenvalue weighted by atomic mass is 11.0. The molecule has 0 atom stereocenters. The van der Waals surface area contributed by atoms with Gasteiger partial charge in [-0.05, 0) is 10.4 Å². The van der Waals surface area contributed by atoms with Gasteiger partial charge in [0.2, 0.25) is 5.96 Å². The monoisotopic (exact) mass is 248 g/mol. The highest BCUT2D eigenvalue weighted by Crippen LogP contribution is 1.96. The summed E-state index contributed by atoms with van der Waals surface area (Å²) in [5.41, 5.74) is 10.9. The molecule has 0 saturated carbocycles. The molecule has 1 aromatic rings. The molecule has 14 heteroatoms. The SMILES string of the molecule is NN=C(N)N.O=C(O)n1nnnc1N[N+](=O)[O-]. The lowest BCUT2D eigenvalue weighted by Gasteiger charge is -1.92. The third-order valence-electron chi connectivity index (χ3n) is 0.991. The standard InChI is InChI=1S/C2H2N6O4.CH6N4/c9-2(10)7-1(3-5-6-7)4-8(11)12;2-1(3)5-4/h(H,9,10)(H,3,4,6);4H2,(H4,2,3,5). The van der Waals surface area contributed by atoms with Crippen LogP contribution < -0.4 is 22.7 Å². The molecule has 0 amide bonds. The van der Waals surface area contributed by atoms with Crippen LogP contribution in [0.3, 0.4) is 0 Å². The summed E-state index contributed by atoms with van der Waals surface area (Å²) >= 11 is 0. The average molecular weight is 248 g/mol. The van der Waals surface area contributed by atoms with Gasteiger partial charge in [0, 0.05) is 0 Å². The number of carboxylic acid groups (broad SMARTS) is 1. The van der Waals surface area contributed by atoms with Crippen molar-refractivity contribution in [2.24, 2.45) is 22.4 Å². The molecular weight excluding hydrogens is 240 g/mol. The largest absolute Gasteiger partial charge is 0.463 e. The van der Waals surface area contributed by atoms with Gasteiger partial charge in [-0.2, -0.15) is 0 Å². The normalized spacial score (nSPS) is 8.47. The zero-order chi connectivity index (χ0) is 13.4. The summed E-state index contributed by atoms with van der Waals surface area (Å²) in [6.07, 6.45) is -1.51. The summed E-state index contributed by atoms with van der Waals surface area (Å²) in [4.78, 5) is 20.1. The molecule has 0 unspecified atom stereocenters. The Kier molecular flexibility index (Phi) is 5.14. The van der Waals surface area contributed by atoms with Gasteiger partial charge >= 0.3 is 12.0 Å². The molecule has 0 fully saturated rings. The van der Waals surface area contributed by atoms with Gasteiger partial charge in [-0.3, -0.25) is 0 Å². The third-order valence-corrected chi connectivity index (χ3v) is 0.991. The van der Waals surface area contributed by atoms with Crippen LogP contribution >= 0.6 is 0 Å². The second-order valence-corrected chi connectivity index (χ2v) is 2.12. The molecule has 0 radical (unpaired) electrons. The summed E-state index contributed by atoms with van der Waals surface area (Å²) in [7, 11) is 0. The van der Waals surface area contributed by atoms with Crippen molar-refractivity contribution in [2.45, 2.75) is 0 Å². The topological polar surface area (TPSA) is 226 Å². The van der Waals surface area contributed by atoms with E-state index in [-0.39, 0.29) is 10.6 Å². The minimum Gasteiger partial charge on any atom is -0.463 e. The number of carbonyl (C=O) groups is 1. The van der Waals surface area contributed by atoms with Crippen molar-refractivity contribution in [3.8, 4) is 0 Å². The molecule has 14 nitrogen and oxygen atoms in total. The molecule has 0 bridgehead atoms. The van der Waals surface area contributed by atoms with E-state index >= 15 is 0 Å². The predicted octanol–water partition coefficient (Wildman–Crippen LogP) is -3.06. The summed E-state index contributed by atoms with van der Waals surface area (Å²) in [6, 6.07) is 0. The lowest BCUT2D eigenvalue weighted by Crippen LogP contribution is -2.23. The van der Waals surface area contributed by atoms with Crippen molar-refractivity contribution < 1.29 is 14.9 Å². The van der Waals surface area contributed by atoms with Gasteiger partial charge < -0.3 is 22.4 Å². The molecule has 1 aromatic heterocycles. The first-order chi connectivity index (χ1) is 7.88. The van der Waals surface area contributed by atoms with Gasteiger partial charge in [0.25, 0.3) is 0 Å². The van der Waals surface area contributed by atoms with Crippen molar-refractivity contribution >= 4 is 18.0 Å². The fourth-order valence-electron chi connectivity index (χ4n) is 0.467. The van der Waals surface area contributed by atoms with E-state index in [1.807, 2.05) is 0 Å². The second kappa shape index (κ2) is 6.32. The Bertz CT molecular complexity index is 419. The number of hydrogen-bond donors (Lipinski definition) is 5. The van der Waals surface area contributed by atoms with E-state index < -0.39 is 17.1 Å². The Labute approximate surface area is 92.2 Å². The van der Waals surface area contributed by atoms with Gasteiger partial charge in [-0.15, -0.1) is 9.78 Å². The molecule has 17 heavy (non-hydrogen) atoms. The predicted molar refractivity (Wildman–Crippen MR) is 51.9 cm³/mol. The third kappa shape index (κ3) is 5.30. The van der Waals surface area contributed by atoms with Crippen molar-refractivity contribution in [1.82, 2.24) is 20.2 Å². The summed E-state index contributed by atoms with van der Waals surface area (Å²) in [5, 5.41) is 29.0. The number of hydrazone groups is 1. The highest BCUT2D eigenvalue weighted by Gasteiger charge is 2.15. The molecule has 8 N–H and O–H groups in total. The second-order valence-electron chi connectivity index (χ2n) is 2.12. The quantitative estimate of drug-likeness (QED) is 0.0880. The highest BCUT2D eigenvalue weighted by molar-refractivity contribution is 5.75. The molecular formula is C3H8N10O4. The molecule has 94 valence electrons. The molecule has 0 aliphatic carbocycles. The van der Waals surface area contributed by atoms with Crippen molar-refractivity contribution in [1.29, 1.82) is 0 Å². The van der Waals surface area contributed by atoms with E-state index in [4.69, 9.17) is 16.6 Å². The van der Waals surface area contributed by atoms with E-state index in [0.717, 1.165) is 0 Å². The zero-order valence-corrected chi connectivity index (χ0v) is 8.09. The number of nitrogens with one attached hydrogen (secondary N) is 1. The molecule has 0 saturated heterocycles. The number of rotatable bonds is 2. The minimum absolute atomic E-state index is 0.0926. The Hall–Kier alpha value is -3.19. The van der Waals surface area contributed by atoms with Crippen LogP contribution in [-0.4, -0.2) is 42.4 Å². The van der Waals surface area contributed by atoms with Gasteiger partial charge in [0.1, 0.15) is 0 Å². The van der Waals surface area contributed by atoms with Crippen LogP contribution in [0.5, 0.6) is 0 Å². The molecule has 0 aromatic carbocycles. The van der Waals surface area contributed by atoms with Crippen LogP contribution in [0.2, 0.25) is 0 Å². The van der Waals surface area contributed by atoms with Crippen molar-refractivity contribution in [3.05, 3.63) is 10.1 Å². The lowest BCUT2D eigenvalue weighted by molar-refractivity contribution is -0.446. The maximum Gasteiger partial charge on any atom is 0.437 e. The van der Waals surface area contributed by atoms with Crippen LogP contribution in [0.1, 0.15) is 0 Å². The van der Waals surface area contributed by atoms with Crippen LogP contribution in [-0.2, 0) is 0 Å². The number of aromatic nitrogens is 4. The highest BCUT2D eigenvalue weighted by atomic mass is 16.7. The fourth-order valence-corrected chi connectivity index (χ4v) is 0.467. The van der Waals surface area contributed by atoms with E-state index in [9.17, 15) is 14.9 Å². The van der Waals surface area contributed by atoms with Gasteiger partial charge in [-0.25, -0.2) is 14.9 Å². The number of anilines is 1. The molecule has 0 spiro atoms. The molecule has 0 aliphatic rings. The van der Waals surface area contributed by atoms with Gasteiger partial charge in [-0.1, -0.05) is 10.5 Å². The number of tetrazole rings is 1. The van der Waals surface area contributed by atoms with Crippen LogP contribution in [0.4, 0.5) is 10.7 Å². The van der Waals surface area contributed by atoms with E-state index in [1.165, 1.54) is 5.43 Å². The zero-order valence-electron chi connectivity index (χ0n) is 8.09. The Balaban J connectivity index is 0.000000437. The molecule has 1 heterocycles. The summed E-state index contributed by atoms with van der Waals surface area (Å²) < 4.78 is 0.239. The first-order valence-electron chi connectivity index (χ1n) is 3.60. The smallest absolute Gasteiger partial charge is 0.437 e. The number of hydrogen-bond acceptors (Lipinski definition) is 8. The van der Waals surface area contributed by atoms with Crippen LogP contribution in [0, 0.1) is 10.1 Å². The molecule has 1 rings (SSSR count). The van der Waals surface area contributed by atoms with Crippen LogP contribution in [0.25, 0.3) is 0 Å². The average Bonchev–Trinajstić information content (AvgIpc) is 2.65. The van der Waals surface area contributed by atoms with Gasteiger partial charge in [0.05, 0.1) is 0 Å².